The summed E-state index contributed by atoms with van der Waals surface area (Å²) >= 11 is 0. The number of fused-ring (bicyclic) bond motifs is 7. The van der Waals surface area contributed by atoms with Gasteiger partial charge in [-0.05, 0) is 24.3 Å². The van der Waals surface area contributed by atoms with Gasteiger partial charge >= 0.3 is 0 Å². The third kappa shape index (κ3) is 1.31. The predicted molar refractivity (Wildman–Crippen MR) is 84.6 cm³/mol. The van der Waals surface area contributed by atoms with Gasteiger partial charge in [-0.1, -0.05) is 18.2 Å². The van der Waals surface area contributed by atoms with Gasteiger partial charge in [-0.2, -0.15) is 0 Å². The minimum Gasteiger partial charge on any atom is -0.508 e. The van der Waals surface area contributed by atoms with Crippen molar-refractivity contribution in [2.24, 2.45) is 0 Å². The summed E-state index contributed by atoms with van der Waals surface area (Å²) in [5.41, 5.74) is 4.99. The molecule has 0 aliphatic rings. The number of para-hydroxylation sites is 1. The molecule has 5 aromatic rings. The van der Waals surface area contributed by atoms with Crippen LogP contribution in [0.25, 0.3) is 43.7 Å². The van der Waals surface area contributed by atoms with E-state index in [1.165, 1.54) is 5.39 Å². The van der Waals surface area contributed by atoms with Gasteiger partial charge in [0.2, 0.25) is 0 Å². The van der Waals surface area contributed by atoms with Crippen LogP contribution in [0.1, 0.15) is 0 Å². The predicted octanol–water partition coefficient (Wildman–Crippen LogP) is 4.06. The fourth-order valence-electron chi connectivity index (χ4n) is 3.14. The van der Waals surface area contributed by atoms with Crippen molar-refractivity contribution in [3.8, 4) is 5.75 Å². The number of aromatic amines is 2. The Labute approximate surface area is 119 Å². The van der Waals surface area contributed by atoms with Crippen LogP contribution in [-0.2, 0) is 0 Å². The Bertz CT molecular complexity index is 1150. The average molecular weight is 273 g/mol. The van der Waals surface area contributed by atoms with Crippen LogP contribution in [0.4, 0.5) is 0 Å². The maximum atomic E-state index is 9.71. The van der Waals surface area contributed by atoms with Crippen molar-refractivity contribution in [3.05, 3.63) is 48.7 Å². The fraction of sp³-hybridized carbons (Fsp3) is 0. The number of phenols is 1. The minimum atomic E-state index is 0.254. The lowest BCUT2D eigenvalue weighted by Gasteiger charge is -1.94. The number of aromatic nitrogens is 3. The van der Waals surface area contributed by atoms with Gasteiger partial charge in [0.25, 0.3) is 0 Å². The molecule has 100 valence electrons. The van der Waals surface area contributed by atoms with Crippen LogP contribution in [0.15, 0.2) is 48.7 Å². The molecule has 0 aliphatic carbocycles. The van der Waals surface area contributed by atoms with Crippen LogP contribution >= 0.6 is 0 Å². The molecule has 3 heterocycles. The molecule has 0 spiro atoms. The van der Waals surface area contributed by atoms with Crippen molar-refractivity contribution in [1.29, 1.82) is 0 Å². The van der Waals surface area contributed by atoms with Gasteiger partial charge in [0.15, 0.2) is 0 Å². The normalized spacial score (nSPS) is 12.0. The van der Waals surface area contributed by atoms with Gasteiger partial charge in [-0.15, -0.1) is 0 Å². The molecular weight excluding hydrogens is 262 g/mol. The summed E-state index contributed by atoms with van der Waals surface area (Å²) in [4.78, 5) is 11.4. The highest BCUT2D eigenvalue weighted by Gasteiger charge is 2.13. The quantitative estimate of drug-likeness (QED) is 0.398. The summed E-state index contributed by atoms with van der Waals surface area (Å²) in [6.45, 7) is 0. The lowest BCUT2D eigenvalue weighted by atomic mass is 10.1. The van der Waals surface area contributed by atoms with Crippen LogP contribution in [0.5, 0.6) is 5.75 Å². The molecule has 0 saturated carbocycles. The SMILES string of the molecule is Oc1ccc2[nH]c3c(ncc4[nH]c5ccccc5c43)c2c1. The first-order chi connectivity index (χ1) is 10.3. The van der Waals surface area contributed by atoms with E-state index in [4.69, 9.17) is 0 Å². The van der Waals surface area contributed by atoms with Crippen molar-refractivity contribution in [2.45, 2.75) is 0 Å². The van der Waals surface area contributed by atoms with E-state index < -0.39 is 0 Å². The van der Waals surface area contributed by atoms with E-state index in [2.05, 4.69) is 27.1 Å². The topological polar surface area (TPSA) is 64.7 Å². The molecule has 3 aromatic heterocycles. The van der Waals surface area contributed by atoms with Crippen LogP contribution in [0, 0.1) is 0 Å². The zero-order valence-corrected chi connectivity index (χ0v) is 11.0. The van der Waals surface area contributed by atoms with Gasteiger partial charge in [0.1, 0.15) is 5.75 Å². The molecule has 0 bridgehead atoms. The lowest BCUT2D eigenvalue weighted by molar-refractivity contribution is 0.476. The largest absolute Gasteiger partial charge is 0.508 e. The number of nitrogens with one attached hydrogen (secondary N) is 2. The second kappa shape index (κ2) is 3.55. The first-order valence-electron chi connectivity index (χ1n) is 6.81. The molecule has 5 rings (SSSR count). The molecule has 4 nitrogen and oxygen atoms in total. The van der Waals surface area contributed by atoms with Gasteiger partial charge in [0.05, 0.1) is 22.7 Å². The van der Waals surface area contributed by atoms with Gasteiger partial charge in [-0.3, -0.25) is 4.98 Å². The second-order valence-electron chi connectivity index (χ2n) is 5.30. The summed E-state index contributed by atoms with van der Waals surface area (Å²) in [5, 5.41) is 13.0. The highest BCUT2D eigenvalue weighted by molar-refractivity contribution is 6.22. The van der Waals surface area contributed by atoms with Gasteiger partial charge < -0.3 is 15.1 Å². The van der Waals surface area contributed by atoms with Crippen molar-refractivity contribution in [1.82, 2.24) is 15.0 Å². The number of nitrogens with zero attached hydrogens (tertiary/aromatic N) is 1. The molecule has 0 atom stereocenters. The summed E-state index contributed by atoms with van der Waals surface area (Å²) < 4.78 is 0. The number of pyridine rings is 1. The molecule has 4 heteroatoms. The molecule has 3 N–H and O–H groups in total. The first-order valence-corrected chi connectivity index (χ1v) is 6.81. The molecule has 0 radical (unpaired) electrons. The summed E-state index contributed by atoms with van der Waals surface area (Å²) in [6.07, 6.45) is 1.86. The number of hydrogen-bond donors (Lipinski definition) is 3. The Balaban J connectivity index is 2.10. The van der Waals surface area contributed by atoms with Crippen LogP contribution < -0.4 is 0 Å². The Morgan fingerprint density at radius 1 is 0.857 bits per heavy atom. The average Bonchev–Trinajstić information content (AvgIpc) is 3.04. The van der Waals surface area contributed by atoms with Crippen LogP contribution in [0.3, 0.4) is 0 Å². The summed E-state index contributed by atoms with van der Waals surface area (Å²) in [5.74, 6) is 0.254. The van der Waals surface area contributed by atoms with E-state index in [-0.39, 0.29) is 5.75 Å². The highest BCUT2D eigenvalue weighted by atomic mass is 16.3. The third-order valence-corrected chi connectivity index (χ3v) is 4.06. The Kier molecular flexibility index (Phi) is 1.81. The number of benzene rings is 2. The van der Waals surface area contributed by atoms with E-state index in [1.54, 1.807) is 12.1 Å². The number of H-pyrrole nitrogens is 2. The maximum absolute atomic E-state index is 9.71. The van der Waals surface area contributed by atoms with Crippen molar-refractivity contribution in [2.75, 3.05) is 0 Å². The van der Waals surface area contributed by atoms with Gasteiger partial charge in [-0.25, -0.2) is 0 Å². The monoisotopic (exact) mass is 273 g/mol. The standard InChI is InChI=1S/C17H11N3O/c21-9-5-6-13-11(7-9)16-17(20-13)15-10-3-1-2-4-12(10)19-14(15)8-18-16/h1-8,19-21H. The molecule has 2 aromatic carbocycles. The zero-order chi connectivity index (χ0) is 14.0. The van der Waals surface area contributed by atoms with Crippen LogP contribution in [-0.4, -0.2) is 20.1 Å². The third-order valence-electron chi connectivity index (χ3n) is 4.06. The molecule has 0 aliphatic heterocycles. The smallest absolute Gasteiger partial charge is 0.116 e. The molecule has 0 amide bonds. The number of aromatic hydroxyl groups is 1. The summed E-state index contributed by atoms with van der Waals surface area (Å²) in [7, 11) is 0. The first kappa shape index (κ1) is 10.7. The van der Waals surface area contributed by atoms with Gasteiger partial charge in [0, 0.05) is 27.2 Å². The Hall–Kier alpha value is -3.01. The van der Waals surface area contributed by atoms with E-state index in [0.717, 1.165) is 38.4 Å². The number of phenolic OH excluding ortho intramolecular Hbond substituents is 1. The molecular formula is C17H11N3O. The van der Waals surface area contributed by atoms with E-state index in [1.807, 2.05) is 24.4 Å². The molecule has 0 saturated heterocycles. The number of hydrogen-bond acceptors (Lipinski definition) is 2. The minimum absolute atomic E-state index is 0.254. The molecule has 0 unspecified atom stereocenters. The van der Waals surface area contributed by atoms with Crippen molar-refractivity contribution < 1.29 is 5.11 Å². The lowest BCUT2D eigenvalue weighted by Crippen LogP contribution is -1.77. The summed E-state index contributed by atoms with van der Waals surface area (Å²) in [6, 6.07) is 13.5. The van der Waals surface area contributed by atoms with E-state index >= 15 is 0 Å². The number of rotatable bonds is 0. The van der Waals surface area contributed by atoms with E-state index in [9.17, 15) is 5.11 Å². The Morgan fingerprint density at radius 2 is 1.71 bits per heavy atom. The van der Waals surface area contributed by atoms with Crippen molar-refractivity contribution in [3.63, 3.8) is 0 Å². The fourth-order valence-corrected chi connectivity index (χ4v) is 3.14. The van der Waals surface area contributed by atoms with Crippen LogP contribution in [0.2, 0.25) is 0 Å². The Morgan fingerprint density at radius 3 is 2.67 bits per heavy atom. The second-order valence-corrected chi connectivity index (χ2v) is 5.30. The van der Waals surface area contributed by atoms with E-state index in [0.29, 0.717) is 0 Å². The maximum Gasteiger partial charge on any atom is 0.116 e. The zero-order valence-electron chi connectivity index (χ0n) is 11.0. The van der Waals surface area contributed by atoms with Crippen molar-refractivity contribution >= 4 is 43.7 Å². The molecule has 21 heavy (non-hydrogen) atoms. The molecule has 0 fully saturated rings. The highest BCUT2D eigenvalue weighted by Crippen LogP contribution is 2.34.